The van der Waals surface area contributed by atoms with Crippen molar-refractivity contribution in [2.75, 3.05) is 10.6 Å². The third-order valence-corrected chi connectivity index (χ3v) is 10.8. The fourth-order valence-electron chi connectivity index (χ4n) is 8.34. The Labute approximate surface area is 338 Å². The fraction of sp³-hybridized carbons (Fsp3) is 0.0638. The number of rotatable bonds is 7. The van der Waals surface area contributed by atoms with Crippen LogP contribution in [0.15, 0.2) is 158 Å². The van der Waals surface area contributed by atoms with Crippen LogP contribution in [0.3, 0.4) is 0 Å². The van der Waals surface area contributed by atoms with Gasteiger partial charge in [0.2, 0.25) is 5.69 Å². The number of hydrogen-bond donors (Lipinski definition) is 4. The Morgan fingerprint density at radius 1 is 0.644 bits per heavy atom. The van der Waals surface area contributed by atoms with Crippen LogP contribution in [0.2, 0.25) is 0 Å². The van der Waals surface area contributed by atoms with Crippen LogP contribution < -0.4 is 25.8 Å². The average molecular weight is 777 g/mol. The maximum atomic E-state index is 14.1. The Morgan fingerprint density at radius 3 is 2.00 bits per heavy atom. The Balaban J connectivity index is 0.989. The SMILES string of the molecule is Cn1ncnc1-c1cc(NC(=O)NC2c3ccccc3-c3ccccc32)c[n+](-c2cccc3c2-c2ccccc2C3NC(=O)Nc2cccnc2-c2cccc(F)c2)c1. The molecule has 3 aromatic heterocycles. The van der Waals surface area contributed by atoms with Gasteiger partial charge in [-0.2, -0.15) is 9.67 Å². The van der Waals surface area contributed by atoms with Crippen molar-refractivity contribution >= 4 is 23.4 Å². The zero-order valence-corrected chi connectivity index (χ0v) is 31.6. The summed E-state index contributed by atoms with van der Waals surface area (Å²) in [6.07, 6.45) is 6.93. The van der Waals surface area contributed by atoms with E-state index in [1.807, 2.05) is 109 Å². The summed E-state index contributed by atoms with van der Waals surface area (Å²) in [5, 5.41) is 16.8. The van der Waals surface area contributed by atoms with E-state index in [1.54, 1.807) is 35.1 Å². The summed E-state index contributed by atoms with van der Waals surface area (Å²) >= 11 is 0. The summed E-state index contributed by atoms with van der Waals surface area (Å²) < 4.78 is 17.8. The number of pyridine rings is 2. The van der Waals surface area contributed by atoms with Crippen LogP contribution in [-0.4, -0.2) is 31.8 Å². The highest BCUT2D eigenvalue weighted by Crippen LogP contribution is 2.46. The lowest BCUT2D eigenvalue weighted by molar-refractivity contribution is -0.593. The van der Waals surface area contributed by atoms with Crippen LogP contribution in [-0.2, 0) is 7.05 Å². The van der Waals surface area contributed by atoms with Crippen LogP contribution in [0.4, 0.5) is 25.4 Å². The van der Waals surface area contributed by atoms with E-state index < -0.39 is 17.9 Å². The number of halogens is 1. The molecule has 4 N–H and O–H groups in total. The summed E-state index contributed by atoms with van der Waals surface area (Å²) in [7, 11) is 1.82. The molecular formula is C47H35FN9O2+. The third-order valence-electron chi connectivity index (χ3n) is 10.8. The Hall–Kier alpha value is -7.99. The monoisotopic (exact) mass is 776 g/mol. The number of hydrogen-bond acceptors (Lipinski definition) is 5. The molecule has 8 aromatic rings. The molecule has 5 aromatic carbocycles. The van der Waals surface area contributed by atoms with Gasteiger partial charge in [0.15, 0.2) is 18.2 Å². The van der Waals surface area contributed by atoms with Crippen molar-refractivity contribution in [1.82, 2.24) is 30.4 Å². The second-order valence-corrected chi connectivity index (χ2v) is 14.4. The molecule has 0 radical (unpaired) electrons. The molecule has 10 rings (SSSR count). The van der Waals surface area contributed by atoms with Crippen LogP contribution in [0.1, 0.15) is 34.3 Å². The summed E-state index contributed by atoms with van der Waals surface area (Å²) in [5.41, 5.74) is 11.5. The lowest BCUT2D eigenvalue weighted by atomic mass is 10.0. The number of carbonyl (C=O) groups excluding carboxylic acids is 2. The van der Waals surface area contributed by atoms with Crippen molar-refractivity contribution in [2.45, 2.75) is 12.1 Å². The average Bonchev–Trinajstić information content (AvgIpc) is 3.93. The number of nitrogens with zero attached hydrogens (tertiary/aromatic N) is 5. The van der Waals surface area contributed by atoms with Gasteiger partial charge in [-0.3, -0.25) is 4.98 Å². The van der Waals surface area contributed by atoms with Crippen molar-refractivity contribution < 1.29 is 18.5 Å². The predicted molar refractivity (Wildman–Crippen MR) is 223 cm³/mol. The zero-order valence-electron chi connectivity index (χ0n) is 31.6. The first-order valence-corrected chi connectivity index (χ1v) is 19.1. The number of carbonyl (C=O) groups is 2. The van der Waals surface area contributed by atoms with Crippen LogP contribution in [0.5, 0.6) is 0 Å². The van der Waals surface area contributed by atoms with Crippen molar-refractivity contribution in [3.05, 3.63) is 186 Å². The molecule has 1 atom stereocenters. The Morgan fingerprint density at radius 2 is 1.29 bits per heavy atom. The number of aromatic nitrogens is 5. The normalized spacial score (nSPS) is 13.5. The van der Waals surface area contributed by atoms with Gasteiger partial charge >= 0.3 is 12.1 Å². The standard InChI is InChI=1S/C47H34FN9O2/c1-56-45(50-27-51-56)29-24-31(52-46(58)54-43-35-16-5-2-13-32(35)33-14-3-6-17-36(33)43)26-57(25-29)40-21-9-19-38-41(40)34-15-4-7-18-37(34)44(38)55-47(59)53-39-20-10-22-49-42(39)28-11-8-12-30(48)23-28/h2-27,43-44H,1H3,(H3-,52,53,54,55,58,59)/p+1. The largest absolute Gasteiger partial charge is 0.327 e. The third kappa shape index (κ3) is 6.42. The number of amides is 4. The quantitative estimate of drug-likeness (QED) is 0.120. The Kier molecular flexibility index (Phi) is 8.71. The first kappa shape index (κ1) is 35.4. The van der Waals surface area contributed by atoms with Gasteiger partial charge in [0.25, 0.3) is 0 Å². The molecule has 0 saturated carbocycles. The first-order valence-electron chi connectivity index (χ1n) is 19.1. The molecule has 0 saturated heterocycles. The zero-order chi connectivity index (χ0) is 40.0. The van der Waals surface area contributed by atoms with Crippen LogP contribution in [0, 0.1) is 5.82 Å². The highest BCUT2D eigenvalue weighted by Gasteiger charge is 2.35. The maximum Gasteiger partial charge on any atom is 0.320 e. The van der Waals surface area contributed by atoms with Gasteiger partial charge in [-0.1, -0.05) is 97.1 Å². The van der Waals surface area contributed by atoms with Crippen molar-refractivity contribution in [1.29, 1.82) is 0 Å². The van der Waals surface area contributed by atoms with E-state index in [-0.39, 0.29) is 12.1 Å². The molecule has 59 heavy (non-hydrogen) atoms. The summed E-state index contributed by atoms with van der Waals surface area (Å²) in [4.78, 5) is 36.7. The van der Waals surface area contributed by atoms with E-state index in [1.165, 1.54) is 18.5 Å². The van der Waals surface area contributed by atoms with Gasteiger partial charge in [-0.25, -0.2) is 23.6 Å². The lowest BCUT2D eigenvalue weighted by Gasteiger charge is -2.18. The molecule has 2 aliphatic carbocycles. The molecule has 1 unspecified atom stereocenters. The van der Waals surface area contributed by atoms with E-state index in [9.17, 15) is 14.0 Å². The molecule has 12 heteroatoms. The van der Waals surface area contributed by atoms with Gasteiger partial charge < -0.3 is 21.3 Å². The van der Waals surface area contributed by atoms with E-state index in [0.29, 0.717) is 28.5 Å². The minimum atomic E-state index is -0.501. The molecule has 0 fully saturated rings. The van der Waals surface area contributed by atoms with Gasteiger partial charge in [-0.15, -0.1) is 0 Å². The number of anilines is 2. The van der Waals surface area contributed by atoms with Crippen molar-refractivity contribution in [3.63, 3.8) is 0 Å². The molecule has 286 valence electrons. The van der Waals surface area contributed by atoms with Crippen LogP contribution >= 0.6 is 0 Å². The minimum absolute atomic E-state index is 0.321. The predicted octanol–water partition coefficient (Wildman–Crippen LogP) is 8.74. The van der Waals surface area contributed by atoms with E-state index >= 15 is 0 Å². The molecule has 0 spiro atoms. The second-order valence-electron chi connectivity index (χ2n) is 14.4. The second kappa shape index (κ2) is 14.5. The maximum absolute atomic E-state index is 14.1. The number of urea groups is 2. The topological polar surface area (TPSA) is 130 Å². The van der Waals surface area contributed by atoms with Crippen molar-refractivity contribution in [2.24, 2.45) is 7.05 Å². The molecule has 4 amide bonds. The number of aryl methyl sites for hydroxylation is 1. The molecule has 3 heterocycles. The number of benzene rings is 5. The molecule has 11 nitrogen and oxygen atoms in total. The van der Waals surface area contributed by atoms with Gasteiger partial charge in [0.1, 0.15) is 17.8 Å². The Bertz CT molecular complexity index is 2920. The molecule has 0 bridgehead atoms. The van der Waals surface area contributed by atoms with E-state index in [0.717, 1.165) is 55.8 Å². The van der Waals surface area contributed by atoms with Crippen LogP contribution in [0.25, 0.3) is 50.6 Å². The highest BCUT2D eigenvalue weighted by molar-refractivity contribution is 5.95. The lowest BCUT2D eigenvalue weighted by Crippen LogP contribution is -2.35. The van der Waals surface area contributed by atoms with Crippen molar-refractivity contribution in [3.8, 4) is 50.6 Å². The number of fused-ring (bicyclic) bond motifs is 6. The number of nitrogens with one attached hydrogen (secondary N) is 4. The first-order chi connectivity index (χ1) is 28.9. The smallest absolute Gasteiger partial charge is 0.320 e. The van der Waals surface area contributed by atoms with Gasteiger partial charge in [-0.05, 0) is 69.3 Å². The summed E-state index contributed by atoms with van der Waals surface area (Å²) in [6.45, 7) is 0. The fourth-order valence-corrected chi connectivity index (χ4v) is 8.34. The van der Waals surface area contributed by atoms with Gasteiger partial charge in [0.05, 0.1) is 34.6 Å². The minimum Gasteiger partial charge on any atom is -0.327 e. The molecule has 2 aliphatic rings. The highest BCUT2D eigenvalue weighted by atomic mass is 19.1. The summed E-state index contributed by atoms with van der Waals surface area (Å²) in [6, 6.07) is 40.0. The summed E-state index contributed by atoms with van der Waals surface area (Å²) in [5.74, 6) is 0.213. The van der Waals surface area contributed by atoms with E-state index in [2.05, 4.69) is 48.5 Å². The van der Waals surface area contributed by atoms with Gasteiger partial charge in [0, 0.05) is 24.9 Å². The molecule has 0 aliphatic heterocycles. The van der Waals surface area contributed by atoms with E-state index in [4.69, 9.17) is 0 Å². The molecular weight excluding hydrogens is 742 g/mol.